The van der Waals surface area contributed by atoms with E-state index in [-0.39, 0.29) is 24.0 Å². The van der Waals surface area contributed by atoms with Gasteiger partial charge in [0.05, 0.1) is 11.1 Å². The van der Waals surface area contributed by atoms with Crippen LogP contribution in [0.2, 0.25) is 0 Å². The molecule has 0 bridgehead atoms. The molecule has 0 radical (unpaired) electrons. The highest BCUT2D eigenvalue weighted by atomic mass is 16.6. The van der Waals surface area contributed by atoms with Gasteiger partial charge in [0.2, 0.25) is 0 Å². The number of benzene rings is 1. The minimum Gasteiger partial charge on any atom is -0.458 e. The fraction of sp³-hybridized carbons (Fsp3) is 0.680. The van der Waals surface area contributed by atoms with Gasteiger partial charge < -0.3 is 9.47 Å². The van der Waals surface area contributed by atoms with Gasteiger partial charge in [-0.05, 0) is 43.7 Å². The van der Waals surface area contributed by atoms with Gasteiger partial charge in [-0.25, -0.2) is 9.59 Å². The van der Waals surface area contributed by atoms with Crippen molar-refractivity contribution in [2.45, 2.75) is 99.2 Å². The zero-order valence-corrected chi connectivity index (χ0v) is 19.4. The maximum absolute atomic E-state index is 13.0. The standard InChI is InChI=1S/C25H40O4/c1-8-10-12-22(17(3)4)28-24(26)20-15-14-19(7)16-21(20)25(27)29-23(18(5)6)13-11-9-2/h14-18,22-23H,8-13H2,1-7H3. The first-order valence-electron chi connectivity index (χ1n) is 11.2. The van der Waals surface area contributed by atoms with Crippen LogP contribution < -0.4 is 0 Å². The molecule has 2 atom stereocenters. The number of unbranched alkanes of at least 4 members (excludes halogenated alkanes) is 2. The number of rotatable bonds is 12. The van der Waals surface area contributed by atoms with Gasteiger partial charge in [-0.15, -0.1) is 0 Å². The fourth-order valence-corrected chi connectivity index (χ4v) is 3.27. The van der Waals surface area contributed by atoms with E-state index in [1.807, 2.05) is 13.0 Å². The molecular weight excluding hydrogens is 364 g/mol. The molecule has 4 heteroatoms. The number of ether oxygens (including phenoxy) is 2. The lowest BCUT2D eigenvalue weighted by Crippen LogP contribution is -2.27. The van der Waals surface area contributed by atoms with Gasteiger partial charge in [-0.2, -0.15) is 0 Å². The predicted octanol–water partition coefficient (Wildman–Crippen LogP) is 6.74. The largest absolute Gasteiger partial charge is 0.458 e. The van der Waals surface area contributed by atoms with Crippen LogP contribution in [0.1, 0.15) is 106 Å². The van der Waals surface area contributed by atoms with Crippen LogP contribution in [-0.2, 0) is 9.47 Å². The Kier molecular flexibility index (Phi) is 11.0. The molecule has 0 heterocycles. The van der Waals surface area contributed by atoms with E-state index in [1.54, 1.807) is 12.1 Å². The van der Waals surface area contributed by atoms with Gasteiger partial charge in [0.25, 0.3) is 0 Å². The Labute approximate surface area is 177 Å². The Morgan fingerprint density at radius 2 is 1.24 bits per heavy atom. The van der Waals surface area contributed by atoms with Gasteiger partial charge in [0, 0.05) is 0 Å². The Morgan fingerprint density at radius 1 is 0.793 bits per heavy atom. The van der Waals surface area contributed by atoms with E-state index in [4.69, 9.17) is 9.47 Å². The monoisotopic (exact) mass is 404 g/mol. The van der Waals surface area contributed by atoms with Crippen LogP contribution in [0.5, 0.6) is 0 Å². The van der Waals surface area contributed by atoms with Gasteiger partial charge in [-0.1, -0.05) is 78.9 Å². The SMILES string of the molecule is CCCCC(OC(=O)c1ccc(C)cc1C(=O)OC(CCCC)C(C)C)C(C)C. The average molecular weight is 405 g/mol. The number of carbonyl (C=O) groups is 2. The topological polar surface area (TPSA) is 52.6 Å². The van der Waals surface area contributed by atoms with Crippen molar-refractivity contribution >= 4 is 11.9 Å². The highest BCUT2D eigenvalue weighted by molar-refractivity contribution is 6.03. The lowest BCUT2D eigenvalue weighted by molar-refractivity contribution is 0.0107. The quantitative estimate of drug-likeness (QED) is 0.362. The van der Waals surface area contributed by atoms with Crippen LogP contribution in [0.4, 0.5) is 0 Å². The van der Waals surface area contributed by atoms with E-state index in [9.17, 15) is 9.59 Å². The summed E-state index contributed by atoms with van der Waals surface area (Å²) in [6, 6.07) is 5.25. The molecular formula is C25H40O4. The fourth-order valence-electron chi connectivity index (χ4n) is 3.27. The zero-order valence-electron chi connectivity index (χ0n) is 19.4. The van der Waals surface area contributed by atoms with Gasteiger partial charge in [0.15, 0.2) is 0 Å². The first-order chi connectivity index (χ1) is 13.7. The molecule has 0 saturated carbocycles. The van der Waals surface area contributed by atoms with Gasteiger partial charge in [-0.3, -0.25) is 0 Å². The molecule has 0 saturated heterocycles. The first kappa shape index (κ1) is 25.2. The third-order valence-electron chi connectivity index (χ3n) is 5.30. The van der Waals surface area contributed by atoms with Crippen molar-refractivity contribution < 1.29 is 19.1 Å². The van der Waals surface area contributed by atoms with Crippen molar-refractivity contribution in [1.29, 1.82) is 0 Å². The summed E-state index contributed by atoms with van der Waals surface area (Å²) in [4.78, 5) is 25.9. The molecule has 1 aromatic rings. The second-order valence-electron chi connectivity index (χ2n) is 8.71. The van der Waals surface area contributed by atoms with E-state index in [2.05, 4.69) is 41.5 Å². The molecule has 0 aliphatic heterocycles. The smallest absolute Gasteiger partial charge is 0.339 e. The number of carbonyl (C=O) groups excluding carboxylic acids is 2. The molecule has 1 rings (SSSR count). The molecule has 0 spiro atoms. The van der Waals surface area contributed by atoms with Crippen LogP contribution in [0.3, 0.4) is 0 Å². The van der Waals surface area contributed by atoms with Crippen molar-refractivity contribution in [3.05, 3.63) is 34.9 Å². The third-order valence-corrected chi connectivity index (χ3v) is 5.30. The summed E-state index contributed by atoms with van der Waals surface area (Å²) in [5.74, 6) is -0.428. The molecule has 0 aliphatic carbocycles. The predicted molar refractivity (Wildman–Crippen MR) is 118 cm³/mol. The van der Waals surface area contributed by atoms with E-state index in [0.717, 1.165) is 44.1 Å². The van der Waals surface area contributed by atoms with Crippen LogP contribution in [0, 0.1) is 18.8 Å². The summed E-state index contributed by atoms with van der Waals surface area (Å²) in [5, 5.41) is 0. The lowest BCUT2D eigenvalue weighted by Gasteiger charge is -2.23. The Bertz CT molecular complexity index is 648. The number of hydrogen-bond donors (Lipinski definition) is 0. The second kappa shape index (κ2) is 12.7. The van der Waals surface area contributed by atoms with Crippen LogP contribution >= 0.6 is 0 Å². The van der Waals surface area contributed by atoms with Crippen LogP contribution in [-0.4, -0.2) is 24.1 Å². The van der Waals surface area contributed by atoms with Crippen LogP contribution in [0.15, 0.2) is 18.2 Å². The molecule has 0 aromatic heterocycles. The van der Waals surface area contributed by atoms with E-state index >= 15 is 0 Å². The summed E-state index contributed by atoms with van der Waals surface area (Å²) in [7, 11) is 0. The number of aryl methyl sites for hydroxylation is 1. The molecule has 1 aromatic carbocycles. The van der Waals surface area contributed by atoms with E-state index < -0.39 is 11.9 Å². The molecule has 0 fully saturated rings. The van der Waals surface area contributed by atoms with Crippen LogP contribution in [0.25, 0.3) is 0 Å². The van der Waals surface area contributed by atoms with Gasteiger partial charge in [0.1, 0.15) is 12.2 Å². The van der Waals surface area contributed by atoms with Crippen molar-refractivity contribution in [3.8, 4) is 0 Å². The highest BCUT2D eigenvalue weighted by Gasteiger charge is 2.26. The third kappa shape index (κ3) is 8.20. The molecule has 29 heavy (non-hydrogen) atoms. The highest BCUT2D eigenvalue weighted by Crippen LogP contribution is 2.22. The first-order valence-corrected chi connectivity index (χ1v) is 11.2. The van der Waals surface area contributed by atoms with Crippen molar-refractivity contribution in [3.63, 3.8) is 0 Å². The Hall–Kier alpha value is -1.84. The summed E-state index contributed by atoms with van der Waals surface area (Å²) >= 11 is 0. The summed E-state index contributed by atoms with van der Waals surface area (Å²) < 4.78 is 11.6. The Balaban J connectivity index is 3.06. The van der Waals surface area contributed by atoms with Crippen molar-refractivity contribution in [2.24, 2.45) is 11.8 Å². The molecule has 4 nitrogen and oxygen atoms in total. The van der Waals surface area contributed by atoms with Crippen molar-refractivity contribution in [1.82, 2.24) is 0 Å². The minimum atomic E-state index is -0.443. The molecule has 0 amide bonds. The zero-order chi connectivity index (χ0) is 22.0. The van der Waals surface area contributed by atoms with E-state index in [1.165, 1.54) is 0 Å². The average Bonchev–Trinajstić information content (AvgIpc) is 2.67. The molecule has 0 aliphatic rings. The maximum Gasteiger partial charge on any atom is 0.339 e. The summed E-state index contributed by atoms with van der Waals surface area (Å²) in [5.41, 5.74) is 1.51. The number of hydrogen-bond acceptors (Lipinski definition) is 4. The Morgan fingerprint density at radius 3 is 1.66 bits per heavy atom. The summed E-state index contributed by atoms with van der Waals surface area (Å²) in [6.45, 7) is 14.4. The maximum atomic E-state index is 13.0. The molecule has 164 valence electrons. The minimum absolute atomic E-state index is 0.152. The lowest BCUT2D eigenvalue weighted by atomic mass is 10.00. The number of esters is 2. The van der Waals surface area contributed by atoms with Gasteiger partial charge >= 0.3 is 11.9 Å². The van der Waals surface area contributed by atoms with E-state index in [0.29, 0.717) is 11.1 Å². The van der Waals surface area contributed by atoms with Crippen molar-refractivity contribution in [2.75, 3.05) is 0 Å². The second-order valence-corrected chi connectivity index (χ2v) is 8.71. The molecule has 0 N–H and O–H groups in total. The summed E-state index contributed by atoms with van der Waals surface area (Å²) in [6.07, 6.45) is 5.48. The molecule has 2 unspecified atom stereocenters. The normalized spacial score (nSPS) is 13.4.